The van der Waals surface area contributed by atoms with Gasteiger partial charge in [0.05, 0.1) is 5.41 Å². The maximum atomic E-state index is 13.2. The Morgan fingerprint density at radius 1 is 1.15 bits per heavy atom. The second-order valence-corrected chi connectivity index (χ2v) is 7.55. The lowest BCUT2D eigenvalue weighted by Gasteiger charge is -2.34. The standard InChI is InChI=1S/C21H25FN4O/c1-25-11-13-26(14-12-25)19-16(3-2-10-23-19)15-24-20(27)21(8-9-21)17-4-6-18(22)7-5-17/h2-7,10H,8-9,11-15H2,1H3,(H,24,27). The van der Waals surface area contributed by atoms with Gasteiger partial charge < -0.3 is 15.1 Å². The second-order valence-electron chi connectivity index (χ2n) is 7.55. The zero-order valence-corrected chi connectivity index (χ0v) is 15.6. The molecule has 2 fully saturated rings. The summed E-state index contributed by atoms with van der Waals surface area (Å²) in [6.07, 6.45) is 3.42. The molecular weight excluding hydrogens is 343 g/mol. The van der Waals surface area contributed by atoms with Gasteiger partial charge in [-0.3, -0.25) is 4.79 Å². The van der Waals surface area contributed by atoms with Crippen molar-refractivity contribution in [3.05, 3.63) is 59.5 Å². The van der Waals surface area contributed by atoms with E-state index < -0.39 is 5.41 Å². The number of hydrogen-bond donors (Lipinski definition) is 1. The largest absolute Gasteiger partial charge is 0.354 e. The van der Waals surface area contributed by atoms with Gasteiger partial charge in [-0.25, -0.2) is 9.37 Å². The molecule has 5 nitrogen and oxygen atoms in total. The van der Waals surface area contributed by atoms with Gasteiger partial charge in [0.1, 0.15) is 11.6 Å². The molecule has 4 rings (SSSR count). The summed E-state index contributed by atoms with van der Waals surface area (Å²) in [6, 6.07) is 10.2. The molecule has 1 amide bonds. The molecule has 1 aliphatic carbocycles. The van der Waals surface area contributed by atoms with Crippen LogP contribution in [0.25, 0.3) is 0 Å². The first kappa shape index (κ1) is 17.9. The van der Waals surface area contributed by atoms with Gasteiger partial charge in [-0.1, -0.05) is 18.2 Å². The number of halogens is 1. The molecule has 1 N–H and O–H groups in total. The van der Waals surface area contributed by atoms with Crippen LogP contribution in [0.3, 0.4) is 0 Å². The first-order valence-corrected chi connectivity index (χ1v) is 9.50. The molecule has 1 aromatic heterocycles. The van der Waals surface area contributed by atoms with Gasteiger partial charge in [-0.2, -0.15) is 0 Å². The monoisotopic (exact) mass is 368 g/mol. The Kier molecular flexibility index (Phi) is 4.83. The van der Waals surface area contributed by atoms with Crippen LogP contribution in [-0.2, 0) is 16.8 Å². The minimum atomic E-state index is -0.496. The van der Waals surface area contributed by atoms with Crippen LogP contribution in [0, 0.1) is 5.82 Å². The summed E-state index contributed by atoms with van der Waals surface area (Å²) in [4.78, 5) is 22.0. The van der Waals surface area contributed by atoms with Crippen LogP contribution in [0.1, 0.15) is 24.0 Å². The van der Waals surface area contributed by atoms with Crippen LogP contribution in [0.4, 0.5) is 10.2 Å². The Labute approximate surface area is 159 Å². The van der Waals surface area contributed by atoms with Crippen molar-refractivity contribution in [3.63, 3.8) is 0 Å². The molecule has 0 spiro atoms. The van der Waals surface area contributed by atoms with Gasteiger partial charge in [0.2, 0.25) is 5.91 Å². The fraction of sp³-hybridized carbons (Fsp3) is 0.429. The summed E-state index contributed by atoms with van der Waals surface area (Å²) in [5, 5.41) is 3.09. The maximum Gasteiger partial charge on any atom is 0.230 e. The summed E-state index contributed by atoms with van der Waals surface area (Å²) in [5.41, 5.74) is 1.43. The molecule has 2 aliphatic rings. The van der Waals surface area contributed by atoms with Crippen molar-refractivity contribution < 1.29 is 9.18 Å². The van der Waals surface area contributed by atoms with E-state index in [9.17, 15) is 9.18 Å². The maximum absolute atomic E-state index is 13.2. The van der Waals surface area contributed by atoms with Crippen LogP contribution >= 0.6 is 0 Å². The molecule has 1 aromatic carbocycles. The highest BCUT2D eigenvalue weighted by molar-refractivity contribution is 5.91. The lowest BCUT2D eigenvalue weighted by molar-refractivity contribution is -0.123. The molecule has 2 aromatic rings. The van der Waals surface area contributed by atoms with Crippen LogP contribution in [-0.4, -0.2) is 49.0 Å². The highest BCUT2D eigenvalue weighted by Crippen LogP contribution is 2.48. The number of carbonyl (C=O) groups is 1. The average molecular weight is 368 g/mol. The van der Waals surface area contributed by atoms with Crippen molar-refractivity contribution in [2.45, 2.75) is 24.8 Å². The van der Waals surface area contributed by atoms with Crippen LogP contribution in [0.15, 0.2) is 42.6 Å². The molecular formula is C21H25FN4O. The molecule has 1 saturated carbocycles. The highest BCUT2D eigenvalue weighted by atomic mass is 19.1. The van der Waals surface area contributed by atoms with Crippen LogP contribution in [0.2, 0.25) is 0 Å². The fourth-order valence-electron chi connectivity index (χ4n) is 3.76. The van der Waals surface area contributed by atoms with Crippen LogP contribution in [0.5, 0.6) is 0 Å². The Morgan fingerprint density at radius 3 is 2.52 bits per heavy atom. The first-order chi connectivity index (χ1) is 13.1. The quantitative estimate of drug-likeness (QED) is 0.880. The topological polar surface area (TPSA) is 48.5 Å². The van der Waals surface area contributed by atoms with E-state index in [-0.39, 0.29) is 11.7 Å². The third kappa shape index (κ3) is 3.67. The van der Waals surface area contributed by atoms with Crippen molar-refractivity contribution >= 4 is 11.7 Å². The number of nitrogens with zero attached hydrogens (tertiary/aromatic N) is 3. The molecule has 0 unspecified atom stereocenters. The number of nitrogens with one attached hydrogen (secondary N) is 1. The molecule has 1 aliphatic heterocycles. The van der Waals surface area contributed by atoms with E-state index in [1.165, 1.54) is 12.1 Å². The van der Waals surface area contributed by atoms with E-state index in [1.807, 2.05) is 12.1 Å². The Hall–Kier alpha value is -2.47. The molecule has 27 heavy (non-hydrogen) atoms. The third-order valence-corrected chi connectivity index (χ3v) is 5.69. The van der Waals surface area contributed by atoms with E-state index in [1.54, 1.807) is 18.3 Å². The second kappa shape index (κ2) is 7.27. The van der Waals surface area contributed by atoms with Gasteiger partial charge in [-0.15, -0.1) is 0 Å². The molecule has 1 saturated heterocycles. The number of rotatable bonds is 5. The summed E-state index contributed by atoms with van der Waals surface area (Å²) in [7, 11) is 2.13. The van der Waals surface area contributed by atoms with E-state index in [2.05, 4.69) is 27.1 Å². The van der Waals surface area contributed by atoms with E-state index in [0.29, 0.717) is 6.54 Å². The highest BCUT2D eigenvalue weighted by Gasteiger charge is 2.51. The number of carbonyl (C=O) groups excluding carboxylic acids is 1. The number of hydrogen-bond acceptors (Lipinski definition) is 4. The molecule has 2 heterocycles. The van der Waals surface area contributed by atoms with Crippen molar-refractivity contribution in [1.82, 2.24) is 15.2 Å². The van der Waals surface area contributed by atoms with Gasteiger partial charge in [-0.05, 0) is 43.7 Å². The van der Waals surface area contributed by atoms with E-state index >= 15 is 0 Å². The lowest BCUT2D eigenvalue weighted by Crippen LogP contribution is -2.45. The van der Waals surface area contributed by atoms with Gasteiger partial charge >= 0.3 is 0 Å². The summed E-state index contributed by atoms with van der Waals surface area (Å²) < 4.78 is 13.2. The fourth-order valence-corrected chi connectivity index (χ4v) is 3.76. The number of aromatic nitrogens is 1. The van der Waals surface area contributed by atoms with E-state index in [0.717, 1.165) is 56.0 Å². The number of likely N-dealkylation sites (N-methyl/N-ethyl adjacent to an activating group) is 1. The van der Waals surface area contributed by atoms with Crippen molar-refractivity contribution in [3.8, 4) is 0 Å². The minimum Gasteiger partial charge on any atom is -0.354 e. The van der Waals surface area contributed by atoms with Crippen molar-refractivity contribution in [2.24, 2.45) is 0 Å². The van der Waals surface area contributed by atoms with Crippen molar-refractivity contribution in [2.75, 3.05) is 38.1 Å². The predicted octanol–water partition coefficient (Wildman–Crippen LogP) is 2.32. The Bertz CT molecular complexity index is 811. The number of benzene rings is 1. The van der Waals surface area contributed by atoms with Gasteiger partial charge in [0.15, 0.2) is 0 Å². The number of amides is 1. The number of anilines is 1. The molecule has 0 radical (unpaired) electrons. The lowest BCUT2D eigenvalue weighted by atomic mass is 9.95. The zero-order chi connectivity index (χ0) is 18.9. The summed E-state index contributed by atoms with van der Waals surface area (Å²) in [6.45, 7) is 4.35. The molecule has 142 valence electrons. The molecule has 0 bridgehead atoms. The Balaban J connectivity index is 1.45. The first-order valence-electron chi connectivity index (χ1n) is 9.50. The predicted molar refractivity (Wildman–Crippen MR) is 103 cm³/mol. The normalized spacial score (nSPS) is 19.0. The smallest absolute Gasteiger partial charge is 0.230 e. The van der Waals surface area contributed by atoms with Crippen molar-refractivity contribution in [1.29, 1.82) is 0 Å². The molecule has 0 atom stereocenters. The minimum absolute atomic E-state index is 0.0160. The third-order valence-electron chi connectivity index (χ3n) is 5.69. The van der Waals surface area contributed by atoms with Gasteiger partial charge in [0.25, 0.3) is 0 Å². The zero-order valence-electron chi connectivity index (χ0n) is 15.6. The summed E-state index contributed by atoms with van der Waals surface area (Å²) in [5.74, 6) is 0.696. The SMILES string of the molecule is CN1CCN(c2ncccc2CNC(=O)C2(c3ccc(F)cc3)CC2)CC1. The van der Waals surface area contributed by atoms with E-state index in [4.69, 9.17) is 0 Å². The average Bonchev–Trinajstić information content (AvgIpc) is 3.50. The number of piperazine rings is 1. The summed E-state index contributed by atoms with van der Waals surface area (Å²) >= 11 is 0. The molecule has 6 heteroatoms. The van der Waals surface area contributed by atoms with Gasteiger partial charge in [0, 0.05) is 44.5 Å². The Morgan fingerprint density at radius 2 is 1.85 bits per heavy atom. The van der Waals surface area contributed by atoms with Crippen LogP contribution < -0.4 is 10.2 Å². The number of pyridine rings is 1.